The number of carbonyl (C=O) groups is 1. The van der Waals surface area contributed by atoms with Crippen molar-refractivity contribution in [3.63, 3.8) is 0 Å². The van der Waals surface area contributed by atoms with Gasteiger partial charge in [-0.3, -0.25) is 9.48 Å². The number of hydrogen-bond donors (Lipinski definition) is 2. The molecule has 150 valence electrons. The molecule has 0 bridgehead atoms. The van der Waals surface area contributed by atoms with E-state index in [1.165, 1.54) is 18.5 Å². The Balaban J connectivity index is 1.36. The molecule has 1 amide bonds. The third-order valence-electron chi connectivity index (χ3n) is 5.89. The predicted molar refractivity (Wildman–Crippen MR) is 108 cm³/mol. The molecule has 5 rings (SSSR count). The lowest BCUT2D eigenvalue weighted by molar-refractivity contribution is 0.0950. The molecule has 0 unspecified atom stereocenters. The first kappa shape index (κ1) is 18.0. The molecule has 1 fully saturated rings. The molecule has 7 nitrogen and oxygen atoms in total. The number of amides is 1. The van der Waals surface area contributed by atoms with Crippen molar-refractivity contribution in [2.45, 2.75) is 44.1 Å². The van der Waals surface area contributed by atoms with Gasteiger partial charge in [-0.25, -0.2) is 4.98 Å². The number of imidazole rings is 1. The Morgan fingerprint density at radius 1 is 1.21 bits per heavy atom. The third kappa shape index (κ3) is 3.52. The maximum atomic E-state index is 12.6. The fraction of sp³-hybridized carbons (Fsp3) is 0.409. The molecule has 2 aliphatic rings. The highest BCUT2D eigenvalue weighted by molar-refractivity contribution is 5.94. The van der Waals surface area contributed by atoms with E-state index in [0.717, 1.165) is 42.2 Å². The summed E-state index contributed by atoms with van der Waals surface area (Å²) in [5.74, 6) is 2.37. The normalized spacial score (nSPS) is 18.8. The highest BCUT2D eigenvalue weighted by Gasteiger charge is 2.29. The number of ether oxygens (including phenoxy) is 1. The second-order valence-corrected chi connectivity index (χ2v) is 7.87. The molecule has 1 aliphatic carbocycles. The molecule has 1 atom stereocenters. The maximum Gasteiger partial charge on any atom is 0.271 e. The van der Waals surface area contributed by atoms with Gasteiger partial charge in [-0.05, 0) is 37.0 Å². The van der Waals surface area contributed by atoms with Crippen molar-refractivity contribution in [2.24, 2.45) is 0 Å². The first-order chi connectivity index (χ1) is 14.2. The quantitative estimate of drug-likeness (QED) is 0.677. The Bertz CT molecular complexity index is 1030. The summed E-state index contributed by atoms with van der Waals surface area (Å²) in [6.45, 7) is 1.33. The van der Waals surface area contributed by atoms with Crippen molar-refractivity contribution in [2.75, 3.05) is 13.7 Å². The molecule has 1 saturated carbocycles. The molecule has 0 radical (unpaired) electrons. The second-order valence-electron chi connectivity index (χ2n) is 7.87. The van der Waals surface area contributed by atoms with E-state index in [0.29, 0.717) is 18.2 Å². The number of benzene rings is 1. The molecule has 0 saturated heterocycles. The molecule has 0 spiro atoms. The van der Waals surface area contributed by atoms with E-state index in [2.05, 4.69) is 37.2 Å². The Labute approximate surface area is 169 Å². The number of methoxy groups -OCH3 is 1. The topological polar surface area (TPSA) is 84.8 Å². The number of nitrogens with zero attached hydrogens (tertiary/aromatic N) is 3. The van der Waals surface area contributed by atoms with Crippen LogP contribution in [0.25, 0.3) is 0 Å². The summed E-state index contributed by atoms with van der Waals surface area (Å²) in [5, 5.41) is 7.48. The van der Waals surface area contributed by atoms with E-state index in [4.69, 9.17) is 4.74 Å². The smallest absolute Gasteiger partial charge is 0.271 e. The molecule has 29 heavy (non-hydrogen) atoms. The van der Waals surface area contributed by atoms with E-state index in [-0.39, 0.29) is 11.8 Å². The van der Waals surface area contributed by atoms with E-state index in [1.54, 1.807) is 7.11 Å². The van der Waals surface area contributed by atoms with E-state index in [1.807, 2.05) is 24.4 Å². The minimum Gasteiger partial charge on any atom is -0.496 e. The summed E-state index contributed by atoms with van der Waals surface area (Å²) in [5.41, 5.74) is 3.83. The van der Waals surface area contributed by atoms with Crippen LogP contribution in [-0.4, -0.2) is 39.3 Å². The lowest BCUT2D eigenvalue weighted by Gasteiger charge is -2.17. The van der Waals surface area contributed by atoms with Crippen molar-refractivity contribution >= 4 is 5.91 Å². The van der Waals surface area contributed by atoms with Crippen LogP contribution >= 0.6 is 0 Å². The first-order valence-electron chi connectivity index (χ1n) is 10.2. The van der Waals surface area contributed by atoms with Crippen LogP contribution in [-0.2, 0) is 19.4 Å². The zero-order valence-electron chi connectivity index (χ0n) is 16.5. The standard InChI is InChI=1S/C22H25N5O2/c1-29-19-5-3-2-4-16(19)15-12-17-21(22(28)23-13-15)26-20(25-17)9-11-27-18(8-10-24-27)14-6-7-14/h2-5,8,10,14-15H,6-7,9,11-13H2,1H3,(H,23,28)(H,25,26)/t15-/m0/s1. The average molecular weight is 391 g/mol. The fourth-order valence-corrected chi connectivity index (χ4v) is 4.23. The van der Waals surface area contributed by atoms with Crippen molar-refractivity contribution in [1.82, 2.24) is 25.1 Å². The van der Waals surface area contributed by atoms with Gasteiger partial charge in [0.25, 0.3) is 5.91 Å². The number of nitrogens with one attached hydrogen (secondary N) is 2. The SMILES string of the molecule is COc1ccccc1[C@@H]1CNC(=O)c2nc(CCn3nccc3C3CC3)[nH]c2C1. The average Bonchev–Trinajstić information content (AvgIpc) is 3.38. The number of aromatic amines is 1. The maximum absolute atomic E-state index is 12.6. The molecule has 2 aromatic heterocycles. The van der Waals surface area contributed by atoms with Crippen molar-refractivity contribution in [3.05, 3.63) is 65.0 Å². The third-order valence-corrected chi connectivity index (χ3v) is 5.89. The molecule has 3 aromatic rings. The molecular formula is C22H25N5O2. The van der Waals surface area contributed by atoms with Crippen LogP contribution in [0.2, 0.25) is 0 Å². The van der Waals surface area contributed by atoms with E-state index < -0.39 is 0 Å². The minimum atomic E-state index is -0.113. The van der Waals surface area contributed by atoms with Gasteiger partial charge in [-0.2, -0.15) is 5.10 Å². The van der Waals surface area contributed by atoms with Crippen LogP contribution in [0.15, 0.2) is 36.5 Å². The van der Waals surface area contributed by atoms with Gasteiger partial charge in [-0.1, -0.05) is 18.2 Å². The van der Waals surface area contributed by atoms with Gasteiger partial charge in [0.05, 0.1) is 7.11 Å². The molecule has 2 N–H and O–H groups in total. The lowest BCUT2D eigenvalue weighted by atomic mass is 9.93. The molecule has 7 heteroatoms. The van der Waals surface area contributed by atoms with Crippen molar-refractivity contribution < 1.29 is 9.53 Å². The first-order valence-corrected chi connectivity index (χ1v) is 10.2. The van der Waals surface area contributed by atoms with Crippen LogP contribution in [0.4, 0.5) is 0 Å². The number of aryl methyl sites for hydroxylation is 2. The second kappa shape index (κ2) is 7.39. The summed E-state index contributed by atoms with van der Waals surface area (Å²) in [7, 11) is 1.68. The summed E-state index contributed by atoms with van der Waals surface area (Å²) in [6, 6.07) is 10.1. The van der Waals surface area contributed by atoms with E-state index in [9.17, 15) is 4.79 Å². The summed E-state index contributed by atoms with van der Waals surface area (Å²) < 4.78 is 7.60. The lowest BCUT2D eigenvalue weighted by Crippen LogP contribution is -2.26. The number of hydrogen-bond acceptors (Lipinski definition) is 4. The van der Waals surface area contributed by atoms with Crippen LogP contribution in [0.5, 0.6) is 5.75 Å². The van der Waals surface area contributed by atoms with Crippen LogP contribution in [0, 0.1) is 0 Å². The number of aromatic nitrogens is 4. The molecule has 1 aromatic carbocycles. The van der Waals surface area contributed by atoms with Gasteiger partial charge in [-0.15, -0.1) is 0 Å². The monoisotopic (exact) mass is 391 g/mol. The number of carbonyl (C=O) groups excluding carboxylic acids is 1. The van der Waals surface area contributed by atoms with Crippen LogP contribution < -0.4 is 10.1 Å². The van der Waals surface area contributed by atoms with Gasteiger partial charge in [0, 0.05) is 48.9 Å². The Morgan fingerprint density at radius 3 is 2.90 bits per heavy atom. The Hall–Kier alpha value is -3.09. The molecular weight excluding hydrogens is 366 g/mol. The van der Waals surface area contributed by atoms with Gasteiger partial charge in [0.1, 0.15) is 17.3 Å². The van der Waals surface area contributed by atoms with Gasteiger partial charge < -0.3 is 15.0 Å². The number of H-pyrrole nitrogens is 1. The largest absolute Gasteiger partial charge is 0.496 e. The number of fused-ring (bicyclic) bond motifs is 1. The zero-order chi connectivity index (χ0) is 19.8. The summed E-state index contributed by atoms with van der Waals surface area (Å²) in [4.78, 5) is 20.6. The number of rotatable bonds is 6. The van der Waals surface area contributed by atoms with Crippen molar-refractivity contribution in [3.8, 4) is 5.75 Å². The van der Waals surface area contributed by atoms with Crippen LogP contribution in [0.3, 0.4) is 0 Å². The summed E-state index contributed by atoms with van der Waals surface area (Å²) in [6.07, 6.45) is 5.82. The van der Waals surface area contributed by atoms with Crippen LogP contribution in [0.1, 0.15) is 57.9 Å². The minimum absolute atomic E-state index is 0.113. The predicted octanol–water partition coefficient (Wildman–Crippen LogP) is 2.80. The van der Waals surface area contributed by atoms with Gasteiger partial charge >= 0.3 is 0 Å². The number of para-hydroxylation sites is 1. The summed E-state index contributed by atoms with van der Waals surface area (Å²) >= 11 is 0. The van der Waals surface area contributed by atoms with E-state index >= 15 is 0 Å². The molecule has 1 aliphatic heterocycles. The van der Waals surface area contributed by atoms with Gasteiger partial charge in [0.15, 0.2) is 0 Å². The highest BCUT2D eigenvalue weighted by Crippen LogP contribution is 2.39. The van der Waals surface area contributed by atoms with Crippen molar-refractivity contribution in [1.29, 1.82) is 0 Å². The Kier molecular flexibility index (Phi) is 4.58. The molecule has 3 heterocycles. The zero-order valence-corrected chi connectivity index (χ0v) is 16.5. The van der Waals surface area contributed by atoms with Gasteiger partial charge in [0.2, 0.25) is 0 Å². The Morgan fingerprint density at radius 2 is 2.07 bits per heavy atom. The fourth-order valence-electron chi connectivity index (χ4n) is 4.23. The highest BCUT2D eigenvalue weighted by atomic mass is 16.5.